The molecule has 0 fully saturated rings. The smallest absolute Gasteiger partial charge is 0.404 e. The number of aromatic nitrogens is 1. The van der Waals surface area contributed by atoms with Gasteiger partial charge in [-0.2, -0.15) is 0 Å². The molecule has 0 aliphatic rings. The van der Waals surface area contributed by atoms with E-state index >= 15 is 0 Å². The molecule has 0 saturated heterocycles. The maximum Gasteiger partial charge on any atom is 0.573 e. The van der Waals surface area contributed by atoms with Crippen LogP contribution in [-0.4, -0.2) is 11.3 Å². The lowest BCUT2D eigenvalue weighted by molar-refractivity contribution is -0.274. The number of halogens is 3. The third-order valence-electron chi connectivity index (χ3n) is 3.29. The number of fused-ring (bicyclic) bond motifs is 1. The summed E-state index contributed by atoms with van der Waals surface area (Å²) in [5.74, 6) is 0.632. The highest BCUT2D eigenvalue weighted by Gasteiger charge is 2.32. The Kier molecular flexibility index (Phi) is 3.97. The molecule has 110 valence electrons. The quantitative estimate of drug-likeness (QED) is 0.819. The van der Waals surface area contributed by atoms with Crippen molar-refractivity contribution in [3.05, 3.63) is 30.0 Å². The standard InChI is InChI=1S/C15H18F3NO/c1-9(2)7-10(3)12-8-19-14-11(12)5-4-6-13(14)20-15(16,17)18/h4-6,8-10,19H,7H2,1-3H3. The van der Waals surface area contributed by atoms with Crippen molar-refractivity contribution in [1.29, 1.82) is 0 Å². The highest BCUT2D eigenvalue weighted by Crippen LogP contribution is 2.35. The second kappa shape index (κ2) is 5.38. The molecule has 1 atom stereocenters. The summed E-state index contributed by atoms with van der Waals surface area (Å²) >= 11 is 0. The Morgan fingerprint density at radius 3 is 2.50 bits per heavy atom. The Hall–Kier alpha value is -1.65. The molecular weight excluding hydrogens is 267 g/mol. The summed E-state index contributed by atoms with van der Waals surface area (Å²) in [6, 6.07) is 4.73. The van der Waals surface area contributed by atoms with E-state index in [1.54, 1.807) is 12.3 Å². The van der Waals surface area contributed by atoms with Crippen molar-refractivity contribution in [2.24, 2.45) is 5.92 Å². The molecule has 2 aromatic rings. The first-order chi connectivity index (χ1) is 9.28. The van der Waals surface area contributed by atoms with Gasteiger partial charge in [-0.15, -0.1) is 13.2 Å². The summed E-state index contributed by atoms with van der Waals surface area (Å²) in [5, 5.41) is 0.792. The summed E-state index contributed by atoms with van der Waals surface area (Å²) in [7, 11) is 0. The second-order valence-corrected chi connectivity index (χ2v) is 5.50. The van der Waals surface area contributed by atoms with Gasteiger partial charge in [-0.3, -0.25) is 0 Å². The molecule has 0 aliphatic heterocycles. The van der Waals surface area contributed by atoms with Gasteiger partial charge in [0.05, 0.1) is 5.52 Å². The number of rotatable bonds is 4. The van der Waals surface area contributed by atoms with Crippen LogP contribution >= 0.6 is 0 Å². The van der Waals surface area contributed by atoms with Gasteiger partial charge in [0.2, 0.25) is 0 Å². The van der Waals surface area contributed by atoms with Gasteiger partial charge in [-0.1, -0.05) is 32.9 Å². The lowest BCUT2D eigenvalue weighted by Crippen LogP contribution is -2.17. The molecule has 5 heteroatoms. The van der Waals surface area contributed by atoms with E-state index in [1.807, 2.05) is 6.07 Å². The van der Waals surface area contributed by atoms with Crippen LogP contribution in [-0.2, 0) is 0 Å². The molecule has 0 amide bonds. The number of ether oxygens (including phenoxy) is 1. The van der Waals surface area contributed by atoms with Crippen molar-refractivity contribution in [2.75, 3.05) is 0 Å². The predicted molar refractivity (Wildman–Crippen MR) is 72.9 cm³/mol. The van der Waals surface area contributed by atoms with Gasteiger partial charge >= 0.3 is 6.36 Å². The molecule has 1 aromatic carbocycles. The van der Waals surface area contributed by atoms with Crippen LogP contribution in [0.4, 0.5) is 13.2 Å². The van der Waals surface area contributed by atoms with E-state index in [9.17, 15) is 13.2 Å². The molecule has 2 rings (SSSR count). The van der Waals surface area contributed by atoms with E-state index < -0.39 is 6.36 Å². The van der Waals surface area contributed by atoms with E-state index in [0.717, 1.165) is 17.4 Å². The van der Waals surface area contributed by atoms with Gasteiger partial charge in [-0.05, 0) is 29.9 Å². The molecule has 20 heavy (non-hydrogen) atoms. The number of H-pyrrole nitrogens is 1. The van der Waals surface area contributed by atoms with Crippen molar-refractivity contribution in [2.45, 2.75) is 39.5 Å². The topological polar surface area (TPSA) is 25.0 Å². The fourth-order valence-electron chi connectivity index (χ4n) is 2.60. The van der Waals surface area contributed by atoms with E-state index in [2.05, 4.69) is 30.5 Å². The zero-order valence-electron chi connectivity index (χ0n) is 11.7. The highest BCUT2D eigenvalue weighted by molar-refractivity contribution is 5.88. The normalized spacial score (nSPS) is 13.9. The molecular formula is C15H18F3NO. The molecule has 0 aliphatic carbocycles. The van der Waals surface area contributed by atoms with Crippen LogP contribution in [0.5, 0.6) is 5.75 Å². The summed E-state index contributed by atoms with van der Waals surface area (Å²) in [5.41, 5.74) is 1.43. The number of para-hydroxylation sites is 1. The van der Waals surface area contributed by atoms with Gasteiger partial charge in [-0.25, -0.2) is 0 Å². The van der Waals surface area contributed by atoms with E-state index in [-0.39, 0.29) is 11.7 Å². The largest absolute Gasteiger partial charge is 0.573 e. The third-order valence-corrected chi connectivity index (χ3v) is 3.29. The molecule has 1 heterocycles. The van der Waals surface area contributed by atoms with E-state index in [4.69, 9.17) is 0 Å². The Labute approximate surface area is 115 Å². The lowest BCUT2D eigenvalue weighted by Gasteiger charge is -2.13. The van der Waals surface area contributed by atoms with Crippen molar-refractivity contribution in [3.8, 4) is 5.75 Å². The number of benzene rings is 1. The average Bonchev–Trinajstić information content (AvgIpc) is 2.70. The van der Waals surface area contributed by atoms with Crippen molar-refractivity contribution < 1.29 is 17.9 Å². The molecule has 0 spiro atoms. The zero-order chi connectivity index (χ0) is 14.9. The van der Waals surface area contributed by atoms with Crippen molar-refractivity contribution in [3.63, 3.8) is 0 Å². The number of aromatic amines is 1. The fourth-order valence-corrected chi connectivity index (χ4v) is 2.60. The Morgan fingerprint density at radius 2 is 1.90 bits per heavy atom. The fraction of sp³-hybridized carbons (Fsp3) is 0.467. The molecule has 1 unspecified atom stereocenters. The van der Waals surface area contributed by atoms with Crippen LogP contribution in [0.2, 0.25) is 0 Å². The van der Waals surface area contributed by atoms with Gasteiger partial charge < -0.3 is 9.72 Å². The summed E-state index contributed by atoms with van der Waals surface area (Å²) in [6.45, 7) is 6.34. The van der Waals surface area contributed by atoms with Crippen LogP contribution in [0, 0.1) is 5.92 Å². The molecule has 0 radical (unpaired) electrons. The minimum Gasteiger partial charge on any atom is -0.404 e. The molecule has 1 N–H and O–H groups in total. The highest BCUT2D eigenvalue weighted by atomic mass is 19.4. The molecule has 2 nitrogen and oxygen atoms in total. The average molecular weight is 285 g/mol. The Morgan fingerprint density at radius 1 is 1.20 bits per heavy atom. The van der Waals surface area contributed by atoms with Gasteiger partial charge in [0.1, 0.15) is 0 Å². The minimum atomic E-state index is -4.68. The predicted octanol–water partition coefficient (Wildman–Crippen LogP) is 5.22. The third kappa shape index (κ3) is 3.26. The van der Waals surface area contributed by atoms with Gasteiger partial charge in [0.15, 0.2) is 5.75 Å². The van der Waals surface area contributed by atoms with Crippen LogP contribution in [0.1, 0.15) is 38.7 Å². The number of hydrogen-bond donors (Lipinski definition) is 1. The molecule has 0 saturated carbocycles. The molecule has 0 bridgehead atoms. The maximum absolute atomic E-state index is 12.4. The minimum absolute atomic E-state index is 0.182. The Bertz CT molecular complexity index is 586. The first kappa shape index (κ1) is 14.8. The molecule has 1 aromatic heterocycles. The van der Waals surface area contributed by atoms with Crippen LogP contribution < -0.4 is 4.74 Å². The number of hydrogen-bond acceptors (Lipinski definition) is 1. The monoisotopic (exact) mass is 285 g/mol. The van der Waals surface area contributed by atoms with Gasteiger partial charge in [0, 0.05) is 11.6 Å². The van der Waals surface area contributed by atoms with Crippen molar-refractivity contribution in [1.82, 2.24) is 4.98 Å². The summed E-state index contributed by atoms with van der Waals surface area (Å²) in [4.78, 5) is 2.91. The summed E-state index contributed by atoms with van der Waals surface area (Å²) < 4.78 is 41.2. The van der Waals surface area contributed by atoms with E-state index in [0.29, 0.717) is 11.4 Å². The number of nitrogens with one attached hydrogen (secondary N) is 1. The van der Waals surface area contributed by atoms with E-state index in [1.165, 1.54) is 6.07 Å². The second-order valence-electron chi connectivity index (χ2n) is 5.50. The SMILES string of the molecule is CC(C)CC(C)c1c[nH]c2c(OC(F)(F)F)cccc12. The maximum atomic E-state index is 12.4. The van der Waals surface area contributed by atoms with Crippen molar-refractivity contribution >= 4 is 10.9 Å². The zero-order valence-corrected chi connectivity index (χ0v) is 11.7. The van der Waals surface area contributed by atoms with Crippen LogP contribution in [0.15, 0.2) is 24.4 Å². The first-order valence-electron chi connectivity index (χ1n) is 6.63. The number of alkyl halides is 3. The lowest BCUT2D eigenvalue weighted by atomic mass is 9.92. The van der Waals surface area contributed by atoms with Gasteiger partial charge in [0.25, 0.3) is 0 Å². The van der Waals surface area contributed by atoms with Crippen LogP contribution in [0.3, 0.4) is 0 Å². The Balaban J connectivity index is 2.39. The summed E-state index contributed by atoms with van der Waals surface area (Å²) in [6.07, 6.45) is -1.92. The first-order valence-corrected chi connectivity index (χ1v) is 6.63. The van der Waals surface area contributed by atoms with Crippen LogP contribution in [0.25, 0.3) is 10.9 Å².